The third kappa shape index (κ3) is 4.06. The van der Waals surface area contributed by atoms with Crippen LogP contribution in [0.5, 0.6) is 0 Å². The van der Waals surface area contributed by atoms with Gasteiger partial charge in [-0.25, -0.2) is 9.97 Å². The second kappa shape index (κ2) is 8.15. The van der Waals surface area contributed by atoms with Crippen LogP contribution in [0, 0.1) is 13.8 Å². The summed E-state index contributed by atoms with van der Waals surface area (Å²) in [5, 5.41) is 0. The molecule has 0 spiro atoms. The molecule has 0 radical (unpaired) electrons. The number of nitrogens with zero attached hydrogens (tertiary/aromatic N) is 2. The van der Waals surface area contributed by atoms with Crippen LogP contribution in [-0.4, -0.2) is 32.9 Å². The first-order valence-electron chi connectivity index (χ1n) is 11.4. The van der Waals surface area contributed by atoms with Crippen molar-refractivity contribution in [3.05, 3.63) is 88.5 Å². The number of aryl methyl sites for hydroxylation is 1. The van der Waals surface area contributed by atoms with E-state index in [1.165, 1.54) is 6.07 Å². The van der Waals surface area contributed by atoms with Crippen molar-refractivity contribution >= 4 is 56.5 Å². The highest BCUT2D eigenvalue weighted by Crippen LogP contribution is 2.35. The molecule has 8 bridgehead atoms. The minimum Gasteiger partial charge on any atom is -0.355 e. The number of nitrogens with one attached hydrogen (secondary N) is 2. The Morgan fingerprint density at radius 1 is 0.694 bits per heavy atom. The average Bonchev–Trinajstić information content (AvgIpc) is 3.59. The smallest absolute Gasteiger partial charge is 0.294 e. The summed E-state index contributed by atoms with van der Waals surface area (Å²) in [6.07, 6.45) is 7.79. The maximum atomic E-state index is 12.0. The highest BCUT2D eigenvalue weighted by atomic mass is 32.2. The largest absolute Gasteiger partial charge is 0.355 e. The van der Waals surface area contributed by atoms with Crippen molar-refractivity contribution in [3.8, 4) is 11.1 Å². The Balaban J connectivity index is 1.70. The predicted octanol–water partition coefficient (Wildman–Crippen LogP) is 6.19. The minimum atomic E-state index is -4.37. The monoisotopic (exact) mass is 494 g/mol. The molecule has 0 aliphatic carbocycles. The van der Waals surface area contributed by atoms with Crippen molar-refractivity contribution in [2.45, 2.75) is 18.7 Å². The lowest BCUT2D eigenvalue weighted by Crippen LogP contribution is -2.03. The summed E-state index contributed by atoms with van der Waals surface area (Å²) in [7, 11) is -4.37. The fraction of sp³-hybridized carbons (Fsp3) is 0.0714. The van der Waals surface area contributed by atoms with Crippen LogP contribution < -0.4 is 0 Å². The van der Waals surface area contributed by atoms with E-state index in [1.807, 2.05) is 73.7 Å². The van der Waals surface area contributed by atoms with Crippen molar-refractivity contribution in [1.29, 1.82) is 0 Å². The van der Waals surface area contributed by atoms with E-state index in [1.54, 1.807) is 13.0 Å². The number of aromatic amines is 2. The maximum absolute atomic E-state index is 12.0. The molecule has 0 atom stereocenters. The van der Waals surface area contributed by atoms with Crippen LogP contribution in [0.3, 0.4) is 0 Å². The number of rotatable bonds is 2. The molecule has 8 heteroatoms. The molecule has 6 rings (SSSR count). The molecule has 2 aliphatic rings. The molecule has 36 heavy (non-hydrogen) atoms. The van der Waals surface area contributed by atoms with Gasteiger partial charge in [0.1, 0.15) is 0 Å². The zero-order chi connectivity index (χ0) is 25.0. The van der Waals surface area contributed by atoms with Crippen LogP contribution in [0.4, 0.5) is 0 Å². The first-order valence-corrected chi connectivity index (χ1v) is 12.8. The predicted molar refractivity (Wildman–Crippen MR) is 144 cm³/mol. The third-order valence-corrected chi connectivity index (χ3v) is 7.34. The standard InChI is InChI=1S/C28H22N4O3S/c1-16-3-10-27(36(33,34)35)17(2)28(16)25-14-24-13-22-7-6-20(30-22)11-18-4-5-19(29-18)12-21-8-9-23(31-21)15-26(25)32-24/h3-15,30,32H,1-2H3,(H,33,34,35). The Kier molecular flexibility index (Phi) is 5.03. The summed E-state index contributed by atoms with van der Waals surface area (Å²) in [5.74, 6) is 0. The normalized spacial score (nSPS) is 12.9. The Morgan fingerprint density at radius 3 is 1.97 bits per heavy atom. The molecule has 1 aromatic carbocycles. The van der Waals surface area contributed by atoms with Crippen LogP contribution in [0.15, 0.2) is 59.5 Å². The van der Waals surface area contributed by atoms with Gasteiger partial charge >= 0.3 is 0 Å². The lowest BCUT2D eigenvalue weighted by molar-refractivity contribution is 0.482. The summed E-state index contributed by atoms with van der Waals surface area (Å²) in [4.78, 5) is 16.1. The second-order valence-electron chi connectivity index (χ2n) is 8.94. The lowest BCUT2D eigenvalue weighted by atomic mass is 9.96. The molecule has 0 amide bonds. The molecule has 178 valence electrons. The van der Waals surface area contributed by atoms with Gasteiger partial charge in [-0.3, -0.25) is 4.55 Å². The van der Waals surface area contributed by atoms with Gasteiger partial charge in [0, 0.05) is 27.6 Å². The molecule has 3 aromatic heterocycles. The van der Waals surface area contributed by atoms with Crippen LogP contribution in [0.1, 0.15) is 33.9 Å². The van der Waals surface area contributed by atoms with Gasteiger partial charge < -0.3 is 9.97 Å². The second-order valence-corrected chi connectivity index (χ2v) is 10.3. The van der Waals surface area contributed by atoms with Crippen LogP contribution >= 0.6 is 0 Å². The highest BCUT2D eigenvalue weighted by molar-refractivity contribution is 7.85. The minimum absolute atomic E-state index is 0.103. The number of hydrogen-bond acceptors (Lipinski definition) is 4. The summed E-state index contributed by atoms with van der Waals surface area (Å²) in [6.45, 7) is 3.64. The van der Waals surface area contributed by atoms with Crippen molar-refractivity contribution in [3.63, 3.8) is 0 Å². The van der Waals surface area contributed by atoms with Crippen molar-refractivity contribution in [2.75, 3.05) is 0 Å². The summed E-state index contributed by atoms with van der Waals surface area (Å²) in [5.41, 5.74) is 9.62. The highest BCUT2D eigenvalue weighted by Gasteiger charge is 2.19. The van der Waals surface area contributed by atoms with E-state index in [0.29, 0.717) is 5.56 Å². The Bertz CT molecular complexity index is 1890. The van der Waals surface area contributed by atoms with Gasteiger partial charge in [-0.2, -0.15) is 8.42 Å². The molecule has 2 aliphatic heterocycles. The van der Waals surface area contributed by atoms with E-state index in [4.69, 9.17) is 4.98 Å². The zero-order valence-corrected chi connectivity index (χ0v) is 20.4. The van der Waals surface area contributed by atoms with Crippen molar-refractivity contribution < 1.29 is 13.0 Å². The van der Waals surface area contributed by atoms with Gasteiger partial charge in [0.15, 0.2) is 0 Å². The third-order valence-electron chi connectivity index (χ3n) is 6.34. The first kappa shape index (κ1) is 22.2. The lowest BCUT2D eigenvalue weighted by Gasteiger charge is -2.12. The van der Waals surface area contributed by atoms with E-state index in [-0.39, 0.29) is 4.90 Å². The maximum Gasteiger partial charge on any atom is 0.294 e. The Hall–Kier alpha value is -4.27. The topological polar surface area (TPSA) is 112 Å². The van der Waals surface area contributed by atoms with Crippen LogP contribution in [-0.2, 0) is 10.1 Å². The van der Waals surface area contributed by atoms with Crippen LogP contribution in [0.2, 0.25) is 0 Å². The summed E-state index contributed by atoms with van der Waals surface area (Å²) < 4.78 is 33.8. The number of aromatic nitrogens is 4. The molecule has 3 N–H and O–H groups in total. The van der Waals surface area contributed by atoms with Crippen molar-refractivity contribution in [2.24, 2.45) is 0 Å². The van der Waals surface area contributed by atoms with Gasteiger partial charge in [-0.05, 0) is 103 Å². The molecular formula is C28H22N4O3S. The fourth-order valence-corrected chi connectivity index (χ4v) is 5.48. The number of hydrogen-bond donors (Lipinski definition) is 3. The zero-order valence-electron chi connectivity index (χ0n) is 19.6. The van der Waals surface area contributed by atoms with Gasteiger partial charge in [0.2, 0.25) is 0 Å². The fourth-order valence-electron chi connectivity index (χ4n) is 4.75. The SMILES string of the molecule is Cc1ccc(S(=O)(=O)O)c(C)c1-c1cc2cc3ccc(cc4nc(cc5nc(cc1[nH]2)C=C5)C=C4)[nH]3. The van der Waals surface area contributed by atoms with Crippen molar-refractivity contribution in [1.82, 2.24) is 19.9 Å². The van der Waals surface area contributed by atoms with Gasteiger partial charge in [0.25, 0.3) is 10.1 Å². The van der Waals surface area contributed by atoms with Gasteiger partial charge in [-0.15, -0.1) is 0 Å². The molecule has 0 saturated carbocycles. The number of fused-ring (bicyclic) bond motifs is 8. The molecule has 0 saturated heterocycles. The van der Waals surface area contributed by atoms with E-state index in [2.05, 4.69) is 15.0 Å². The summed E-state index contributed by atoms with van der Waals surface area (Å²) >= 11 is 0. The van der Waals surface area contributed by atoms with E-state index >= 15 is 0 Å². The molecule has 0 unspecified atom stereocenters. The Morgan fingerprint density at radius 2 is 1.31 bits per heavy atom. The Labute approximate surface area is 207 Å². The molecular weight excluding hydrogens is 472 g/mol. The van der Waals surface area contributed by atoms with Gasteiger partial charge in [-0.1, -0.05) is 6.07 Å². The van der Waals surface area contributed by atoms with E-state index in [0.717, 1.165) is 61.5 Å². The quantitative estimate of drug-likeness (QED) is 0.249. The van der Waals surface area contributed by atoms with Crippen LogP contribution in [0.25, 0.3) is 57.5 Å². The molecule has 0 fully saturated rings. The molecule has 4 aromatic rings. The van der Waals surface area contributed by atoms with E-state index in [9.17, 15) is 13.0 Å². The molecule has 5 heterocycles. The van der Waals surface area contributed by atoms with Gasteiger partial charge in [0.05, 0.1) is 27.7 Å². The number of benzene rings is 1. The average molecular weight is 495 g/mol. The summed E-state index contributed by atoms with van der Waals surface area (Å²) in [6, 6.07) is 17.0. The number of H-pyrrole nitrogens is 2. The first-order chi connectivity index (χ1) is 17.2. The molecule has 7 nitrogen and oxygen atoms in total. The van der Waals surface area contributed by atoms with E-state index < -0.39 is 10.1 Å².